The largest absolute Gasteiger partial charge is 0.326 e. The van der Waals surface area contributed by atoms with E-state index in [2.05, 4.69) is 32.2 Å². The number of carbonyl (C=O) groups is 2. The number of aryl methyl sites for hydroxylation is 1. The summed E-state index contributed by atoms with van der Waals surface area (Å²) >= 11 is 0. The lowest BCUT2D eigenvalue weighted by Crippen LogP contribution is -2.11. The van der Waals surface area contributed by atoms with E-state index in [1.807, 2.05) is 49.4 Å². The third kappa shape index (κ3) is 12.8. The summed E-state index contributed by atoms with van der Waals surface area (Å²) in [6.07, 6.45) is 9.77. The van der Waals surface area contributed by atoms with Crippen molar-refractivity contribution in [2.45, 2.75) is 91.9 Å². The molecule has 0 unspecified atom stereocenters. The normalized spacial score (nSPS) is 10.2. The van der Waals surface area contributed by atoms with E-state index in [1.165, 1.54) is 37.7 Å². The van der Waals surface area contributed by atoms with E-state index in [1.54, 1.807) is 0 Å². The van der Waals surface area contributed by atoms with Crippen molar-refractivity contribution in [2.75, 3.05) is 5.32 Å². The molecular weight excluding hydrogens is 382 g/mol. The fourth-order valence-electron chi connectivity index (χ4n) is 3.34. The van der Waals surface area contributed by atoms with Gasteiger partial charge < -0.3 is 5.32 Å². The molecule has 2 aromatic carbocycles. The van der Waals surface area contributed by atoms with Gasteiger partial charge in [-0.2, -0.15) is 0 Å². The van der Waals surface area contributed by atoms with Crippen LogP contribution in [0.5, 0.6) is 0 Å². The Kier molecular flexibility index (Phi) is 14.0. The van der Waals surface area contributed by atoms with Crippen LogP contribution in [0, 0.1) is 6.92 Å². The number of nitrogens with one attached hydrogen (secondary N) is 1. The van der Waals surface area contributed by atoms with Crippen molar-refractivity contribution < 1.29 is 9.59 Å². The highest BCUT2D eigenvalue weighted by atomic mass is 16.1. The highest BCUT2D eigenvalue weighted by molar-refractivity contribution is 5.90. The topological polar surface area (TPSA) is 46.2 Å². The Hall–Kier alpha value is -2.42. The summed E-state index contributed by atoms with van der Waals surface area (Å²) in [7, 11) is 0. The summed E-state index contributed by atoms with van der Waals surface area (Å²) in [4.78, 5) is 24.3. The van der Waals surface area contributed by atoms with Crippen molar-refractivity contribution in [2.24, 2.45) is 0 Å². The van der Waals surface area contributed by atoms with Crippen LogP contribution in [0.3, 0.4) is 0 Å². The lowest BCUT2D eigenvalue weighted by Gasteiger charge is -2.07. The quantitative estimate of drug-likeness (QED) is 0.360. The summed E-state index contributed by atoms with van der Waals surface area (Å²) in [6, 6.07) is 15.7. The molecule has 0 fully saturated rings. The SMILES string of the molecule is CCC.CCCCCCCCC(=O)Nc1ccc(CC(=O)Cc2cccc(C)c2)cc1. The third-order valence-corrected chi connectivity index (χ3v) is 4.88. The first-order chi connectivity index (χ1) is 15.0. The maximum Gasteiger partial charge on any atom is 0.224 e. The van der Waals surface area contributed by atoms with Gasteiger partial charge in [0.2, 0.25) is 5.91 Å². The standard InChI is InChI=1S/C25H33NO2.C3H8/c1-3-4-5-6-7-8-12-25(28)26-23-15-13-21(14-16-23)18-24(27)19-22-11-9-10-20(2)17-22;1-3-2/h9-11,13-17H,3-8,12,18-19H2,1-2H3,(H,26,28);3H2,1-2H3. The molecule has 0 aromatic heterocycles. The summed E-state index contributed by atoms with van der Waals surface area (Å²) in [5.74, 6) is 0.268. The summed E-state index contributed by atoms with van der Waals surface area (Å²) in [6.45, 7) is 8.49. The zero-order valence-electron chi connectivity index (χ0n) is 20.0. The van der Waals surface area contributed by atoms with Crippen molar-refractivity contribution in [1.82, 2.24) is 0 Å². The van der Waals surface area contributed by atoms with E-state index < -0.39 is 0 Å². The number of hydrogen-bond acceptors (Lipinski definition) is 2. The molecule has 1 amide bonds. The summed E-state index contributed by atoms with van der Waals surface area (Å²) in [5.41, 5.74) is 4.01. The minimum absolute atomic E-state index is 0.0683. The van der Waals surface area contributed by atoms with Crippen LogP contribution in [0.4, 0.5) is 5.69 Å². The second kappa shape index (κ2) is 16.3. The van der Waals surface area contributed by atoms with E-state index in [-0.39, 0.29) is 11.7 Å². The van der Waals surface area contributed by atoms with Gasteiger partial charge in [-0.3, -0.25) is 9.59 Å². The van der Waals surface area contributed by atoms with Crippen LogP contribution < -0.4 is 5.32 Å². The smallest absolute Gasteiger partial charge is 0.224 e. The predicted molar refractivity (Wildman–Crippen MR) is 133 cm³/mol. The van der Waals surface area contributed by atoms with Gasteiger partial charge in [0.05, 0.1) is 0 Å². The monoisotopic (exact) mass is 423 g/mol. The van der Waals surface area contributed by atoms with Gasteiger partial charge >= 0.3 is 0 Å². The van der Waals surface area contributed by atoms with Gasteiger partial charge in [0.1, 0.15) is 5.78 Å². The number of Topliss-reactive ketones (excluding diaryl/α,β-unsaturated/α-hetero) is 1. The van der Waals surface area contributed by atoms with Gasteiger partial charge in [0.15, 0.2) is 0 Å². The van der Waals surface area contributed by atoms with Gasteiger partial charge in [-0.15, -0.1) is 0 Å². The predicted octanol–water partition coefficient (Wildman–Crippen LogP) is 7.45. The van der Waals surface area contributed by atoms with Crippen LogP contribution in [0.25, 0.3) is 0 Å². The number of hydrogen-bond donors (Lipinski definition) is 1. The molecule has 0 atom stereocenters. The number of carbonyl (C=O) groups excluding carboxylic acids is 2. The van der Waals surface area contributed by atoms with Gasteiger partial charge in [0.25, 0.3) is 0 Å². The number of anilines is 1. The molecule has 3 heteroatoms. The molecule has 170 valence electrons. The fraction of sp³-hybridized carbons (Fsp3) is 0.500. The van der Waals surface area contributed by atoms with E-state index >= 15 is 0 Å². The summed E-state index contributed by atoms with van der Waals surface area (Å²) < 4.78 is 0. The number of amides is 1. The number of benzene rings is 2. The molecular formula is C28H41NO2. The molecule has 0 aliphatic carbocycles. The van der Waals surface area contributed by atoms with Crippen LogP contribution >= 0.6 is 0 Å². The molecule has 2 rings (SSSR count). The van der Waals surface area contributed by atoms with Crippen LogP contribution in [0.2, 0.25) is 0 Å². The van der Waals surface area contributed by atoms with Gasteiger partial charge in [-0.25, -0.2) is 0 Å². The van der Waals surface area contributed by atoms with Gasteiger partial charge in [-0.05, 0) is 36.6 Å². The Morgan fingerprint density at radius 2 is 1.39 bits per heavy atom. The van der Waals surface area contributed by atoms with E-state index in [0.29, 0.717) is 19.3 Å². The maximum atomic E-state index is 12.3. The van der Waals surface area contributed by atoms with Gasteiger partial charge in [-0.1, -0.05) is 101 Å². The lowest BCUT2D eigenvalue weighted by atomic mass is 10.0. The van der Waals surface area contributed by atoms with Crippen molar-refractivity contribution in [1.29, 1.82) is 0 Å². The second-order valence-corrected chi connectivity index (χ2v) is 8.35. The molecule has 0 radical (unpaired) electrons. The van der Waals surface area contributed by atoms with Crippen molar-refractivity contribution in [3.63, 3.8) is 0 Å². The van der Waals surface area contributed by atoms with Crippen molar-refractivity contribution in [3.05, 3.63) is 65.2 Å². The average molecular weight is 424 g/mol. The minimum atomic E-state index is 0.0683. The molecule has 0 heterocycles. The van der Waals surface area contributed by atoms with E-state index in [9.17, 15) is 9.59 Å². The van der Waals surface area contributed by atoms with Crippen LogP contribution in [0.15, 0.2) is 48.5 Å². The molecule has 0 saturated carbocycles. The number of unbranched alkanes of at least 4 members (excludes halogenated alkanes) is 5. The molecule has 2 aromatic rings. The lowest BCUT2D eigenvalue weighted by molar-refractivity contribution is -0.118. The molecule has 0 spiro atoms. The first-order valence-corrected chi connectivity index (χ1v) is 11.9. The maximum absolute atomic E-state index is 12.3. The molecule has 31 heavy (non-hydrogen) atoms. The Bertz CT molecular complexity index is 765. The van der Waals surface area contributed by atoms with E-state index in [0.717, 1.165) is 29.7 Å². The summed E-state index contributed by atoms with van der Waals surface area (Å²) in [5, 5.41) is 2.95. The Labute approximate surface area is 189 Å². The second-order valence-electron chi connectivity index (χ2n) is 8.35. The first kappa shape index (κ1) is 26.6. The van der Waals surface area contributed by atoms with Crippen molar-refractivity contribution >= 4 is 17.4 Å². The average Bonchev–Trinajstić information content (AvgIpc) is 2.72. The highest BCUT2D eigenvalue weighted by Gasteiger charge is 2.07. The molecule has 0 bridgehead atoms. The molecule has 0 saturated heterocycles. The van der Waals surface area contributed by atoms with Crippen LogP contribution in [-0.2, 0) is 22.4 Å². The zero-order chi connectivity index (χ0) is 22.9. The van der Waals surface area contributed by atoms with Gasteiger partial charge in [0, 0.05) is 24.9 Å². The molecule has 0 aliphatic rings. The Morgan fingerprint density at radius 1 is 0.774 bits per heavy atom. The molecule has 3 nitrogen and oxygen atoms in total. The number of ketones is 1. The third-order valence-electron chi connectivity index (χ3n) is 4.88. The zero-order valence-corrected chi connectivity index (χ0v) is 20.0. The van der Waals surface area contributed by atoms with Crippen LogP contribution in [-0.4, -0.2) is 11.7 Å². The first-order valence-electron chi connectivity index (χ1n) is 11.9. The molecule has 0 aliphatic heterocycles. The number of rotatable bonds is 12. The molecule has 1 N–H and O–H groups in total. The Balaban J connectivity index is 0.00000151. The highest BCUT2D eigenvalue weighted by Crippen LogP contribution is 2.13. The van der Waals surface area contributed by atoms with Crippen LogP contribution in [0.1, 0.15) is 88.8 Å². The van der Waals surface area contributed by atoms with Crippen molar-refractivity contribution in [3.8, 4) is 0 Å². The fourth-order valence-corrected chi connectivity index (χ4v) is 3.34. The Morgan fingerprint density at radius 3 is 2.03 bits per heavy atom. The van der Waals surface area contributed by atoms with E-state index in [4.69, 9.17) is 0 Å². The minimum Gasteiger partial charge on any atom is -0.326 e.